The van der Waals surface area contributed by atoms with Crippen LogP contribution >= 0.6 is 23.4 Å². The summed E-state index contributed by atoms with van der Waals surface area (Å²) < 4.78 is 5.48. The highest BCUT2D eigenvalue weighted by molar-refractivity contribution is 7.98. The number of carboxylic acids is 1. The highest BCUT2D eigenvalue weighted by atomic mass is 35.5. The van der Waals surface area contributed by atoms with Crippen molar-refractivity contribution in [2.75, 3.05) is 5.75 Å². The van der Waals surface area contributed by atoms with E-state index in [1.165, 1.54) is 11.8 Å². The van der Waals surface area contributed by atoms with Crippen molar-refractivity contribution in [3.63, 3.8) is 0 Å². The predicted molar refractivity (Wildman–Crippen MR) is 76.5 cm³/mol. The molecule has 0 fully saturated rings. The van der Waals surface area contributed by atoms with Crippen molar-refractivity contribution in [1.82, 2.24) is 10.2 Å². The fourth-order valence-electron chi connectivity index (χ4n) is 1.37. The molecule has 0 aliphatic rings. The van der Waals surface area contributed by atoms with Gasteiger partial charge in [0.1, 0.15) is 6.04 Å². The molecule has 0 unspecified atom stereocenters. The highest BCUT2D eigenvalue weighted by Gasteiger charge is 2.13. The second kappa shape index (κ2) is 6.74. The summed E-state index contributed by atoms with van der Waals surface area (Å²) in [5.41, 5.74) is 6.17. The summed E-state index contributed by atoms with van der Waals surface area (Å²) in [6.45, 7) is 0. The minimum Gasteiger partial charge on any atom is -0.480 e. The molecule has 0 spiro atoms. The predicted octanol–water partition coefficient (Wildman–Crippen LogP) is 2.04. The summed E-state index contributed by atoms with van der Waals surface area (Å²) >= 11 is 7.13. The Labute approximate surface area is 124 Å². The van der Waals surface area contributed by atoms with E-state index >= 15 is 0 Å². The van der Waals surface area contributed by atoms with E-state index in [2.05, 4.69) is 10.2 Å². The Kier molecular flexibility index (Phi) is 4.99. The number of hydrogen-bond donors (Lipinski definition) is 2. The van der Waals surface area contributed by atoms with E-state index in [1.807, 2.05) is 0 Å². The van der Waals surface area contributed by atoms with E-state index in [4.69, 9.17) is 26.9 Å². The zero-order chi connectivity index (χ0) is 14.5. The van der Waals surface area contributed by atoms with Crippen molar-refractivity contribution < 1.29 is 14.3 Å². The molecule has 3 N–H and O–H groups in total. The lowest BCUT2D eigenvalue weighted by Gasteiger charge is -2.03. The second-order valence-electron chi connectivity index (χ2n) is 3.97. The largest absolute Gasteiger partial charge is 0.480 e. The molecule has 0 saturated heterocycles. The molecule has 0 aliphatic carbocycles. The molecule has 2 rings (SSSR count). The first-order valence-corrected chi connectivity index (χ1v) is 7.24. The molecule has 8 heteroatoms. The van der Waals surface area contributed by atoms with Gasteiger partial charge in [-0.05, 0) is 24.3 Å². The zero-order valence-electron chi connectivity index (χ0n) is 10.3. The zero-order valence-corrected chi connectivity index (χ0v) is 11.9. The fourth-order valence-corrected chi connectivity index (χ4v) is 2.30. The Balaban J connectivity index is 1.92. The number of carboxylic acid groups (broad SMARTS) is 1. The third kappa shape index (κ3) is 3.96. The van der Waals surface area contributed by atoms with Gasteiger partial charge in [0.15, 0.2) is 0 Å². The molecule has 1 atom stereocenters. The van der Waals surface area contributed by atoms with Crippen LogP contribution in [0.3, 0.4) is 0 Å². The van der Waals surface area contributed by atoms with Gasteiger partial charge in [0.25, 0.3) is 0 Å². The van der Waals surface area contributed by atoms with Crippen LogP contribution in [0.4, 0.5) is 0 Å². The maximum Gasteiger partial charge on any atom is 0.321 e. The molecule has 1 aromatic heterocycles. The number of hydrogen-bond acceptors (Lipinski definition) is 6. The minimum atomic E-state index is -1.02. The monoisotopic (exact) mass is 313 g/mol. The van der Waals surface area contributed by atoms with E-state index in [-0.39, 0.29) is 5.75 Å². The lowest BCUT2D eigenvalue weighted by molar-refractivity contribution is -0.137. The number of nitrogens with zero attached hydrogens (tertiary/aromatic N) is 2. The molecule has 0 amide bonds. The van der Waals surface area contributed by atoms with Crippen molar-refractivity contribution in [2.45, 2.75) is 11.8 Å². The number of nitrogens with two attached hydrogens (primary N) is 1. The number of halogens is 1. The normalized spacial score (nSPS) is 12.3. The molecule has 1 heterocycles. The standard InChI is InChI=1S/C12H12ClN3O3S/c13-8-3-1-7(2-4-8)11-16-15-10(19-11)6-20-5-9(14)12(17)18/h1-4,9H,5-6,14H2,(H,17,18)/t9-/m1/s1. The van der Waals surface area contributed by atoms with Gasteiger partial charge in [-0.15, -0.1) is 22.0 Å². The van der Waals surface area contributed by atoms with E-state index < -0.39 is 12.0 Å². The van der Waals surface area contributed by atoms with Crippen molar-refractivity contribution in [1.29, 1.82) is 0 Å². The third-order valence-electron chi connectivity index (χ3n) is 2.40. The number of aromatic nitrogens is 2. The number of benzene rings is 1. The van der Waals surface area contributed by atoms with Crippen LogP contribution in [0.15, 0.2) is 28.7 Å². The molecular formula is C12H12ClN3O3S. The van der Waals surface area contributed by atoms with Crippen LogP contribution in [0.5, 0.6) is 0 Å². The van der Waals surface area contributed by atoms with Gasteiger partial charge < -0.3 is 15.3 Å². The average molecular weight is 314 g/mol. The lowest BCUT2D eigenvalue weighted by atomic mass is 10.2. The Morgan fingerprint density at radius 1 is 1.40 bits per heavy atom. The summed E-state index contributed by atoms with van der Waals surface area (Å²) in [4.78, 5) is 10.6. The summed E-state index contributed by atoms with van der Waals surface area (Å²) in [6.07, 6.45) is 0. The minimum absolute atomic E-state index is 0.286. The van der Waals surface area contributed by atoms with Crippen LogP contribution in [-0.2, 0) is 10.5 Å². The van der Waals surface area contributed by atoms with Crippen molar-refractivity contribution in [3.05, 3.63) is 35.2 Å². The van der Waals surface area contributed by atoms with Crippen LogP contribution in [0.2, 0.25) is 5.02 Å². The highest BCUT2D eigenvalue weighted by Crippen LogP contribution is 2.21. The SMILES string of the molecule is N[C@H](CSCc1nnc(-c2ccc(Cl)cc2)o1)C(=O)O. The first kappa shape index (κ1) is 14.8. The Hall–Kier alpha value is -1.57. The van der Waals surface area contributed by atoms with Gasteiger partial charge in [-0.2, -0.15) is 0 Å². The summed E-state index contributed by atoms with van der Waals surface area (Å²) in [5.74, 6) is 0.512. The van der Waals surface area contributed by atoms with Gasteiger partial charge >= 0.3 is 5.97 Å². The average Bonchev–Trinajstić information content (AvgIpc) is 2.88. The maximum atomic E-state index is 10.6. The van der Waals surface area contributed by atoms with E-state index in [9.17, 15) is 4.79 Å². The van der Waals surface area contributed by atoms with E-state index in [1.54, 1.807) is 24.3 Å². The first-order chi connectivity index (χ1) is 9.56. The first-order valence-electron chi connectivity index (χ1n) is 5.70. The van der Waals surface area contributed by atoms with Crippen LogP contribution in [0.1, 0.15) is 5.89 Å². The number of rotatable bonds is 6. The van der Waals surface area contributed by atoms with Gasteiger partial charge in [-0.3, -0.25) is 4.79 Å². The number of thioether (sulfide) groups is 1. The van der Waals surface area contributed by atoms with Crippen LogP contribution in [-0.4, -0.2) is 33.1 Å². The van der Waals surface area contributed by atoms with Gasteiger partial charge in [-0.1, -0.05) is 11.6 Å². The Morgan fingerprint density at radius 2 is 2.10 bits per heavy atom. The summed E-state index contributed by atoms with van der Waals surface area (Å²) in [5, 5.41) is 17.1. The van der Waals surface area contributed by atoms with Gasteiger partial charge in [0.2, 0.25) is 11.8 Å². The summed E-state index contributed by atoms with van der Waals surface area (Å²) in [6, 6.07) is 6.15. The van der Waals surface area contributed by atoms with Gasteiger partial charge in [-0.25, -0.2) is 0 Å². The lowest BCUT2D eigenvalue weighted by Crippen LogP contribution is -2.32. The van der Waals surface area contributed by atoms with E-state index in [0.717, 1.165) is 5.56 Å². The van der Waals surface area contributed by atoms with Crippen LogP contribution < -0.4 is 5.73 Å². The molecule has 0 bridgehead atoms. The fraction of sp³-hybridized carbons (Fsp3) is 0.250. The van der Waals surface area contributed by atoms with Crippen LogP contribution in [0, 0.1) is 0 Å². The second-order valence-corrected chi connectivity index (χ2v) is 5.43. The third-order valence-corrected chi connectivity index (χ3v) is 3.70. The Bertz CT molecular complexity index is 588. The van der Waals surface area contributed by atoms with Gasteiger partial charge in [0.05, 0.1) is 5.75 Å². The molecular weight excluding hydrogens is 302 g/mol. The van der Waals surface area contributed by atoms with Crippen molar-refractivity contribution >= 4 is 29.3 Å². The molecule has 20 heavy (non-hydrogen) atoms. The molecule has 106 valence electrons. The van der Waals surface area contributed by atoms with Crippen LogP contribution in [0.25, 0.3) is 11.5 Å². The molecule has 1 aromatic carbocycles. The molecule has 2 aromatic rings. The Morgan fingerprint density at radius 3 is 2.75 bits per heavy atom. The van der Waals surface area contributed by atoms with Crippen molar-refractivity contribution in [2.24, 2.45) is 5.73 Å². The topological polar surface area (TPSA) is 102 Å². The number of aliphatic carboxylic acids is 1. The smallest absolute Gasteiger partial charge is 0.321 e. The summed E-state index contributed by atoms with van der Waals surface area (Å²) in [7, 11) is 0. The molecule has 0 aliphatic heterocycles. The van der Waals surface area contributed by atoms with Gasteiger partial charge in [0, 0.05) is 16.3 Å². The molecule has 0 radical (unpaired) electrons. The van der Waals surface area contributed by atoms with E-state index in [0.29, 0.717) is 22.6 Å². The number of carbonyl (C=O) groups is 1. The molecule has 0 saturated carbocycles. The quantitative estimate of drug-likeness (QED) is 0.841. The van der Waals surface area contributed by atoms with Crippen molar-refractivity contribution in [3.8, 4) is 11.5 Å². The maximum absolute atomic E-state index is 10.6. The molecule has 6 nitrogen and oxygen atoms in total.